The van der Waals surface area contributed by atoms with Crippen molar-refractivity contribution in [2.75, 3.05) is 9.62 Å². The lowest BCUT2D eigenvalue weighted by Gasteiger charge is -2.31. The van der Waals surface area contributed by atoms with Crippen LogP contribution in [0.1, 0.15) is 21.5 Å². The number of para-hydroxylation sites is 2. The molecular weight excluding hydrogens is 464 g/mol. The van der Waals surface area contributed by atoms with E-state index >= 15 is 0 Å². The standard InChI is InChI=1S/C23H19BrN2O3S/c1-16-7-6-8-17(13-16)15-26-21-12-5-2-9-18(21)23(27)22(30(26,28)29)14-25-20-11-4-3-10-19(20)24/h2-14,25H,15H2,1H3. The zero-order valence-corrected chi connectivity index (χ0v) is 18.6. The van der Waals surface area contributed by atoms with Gasteiger partial charge in [-0.25, -0.2) is 8.42 Å². The van der Waals surface area contributed by atoms with Crippen LogP contribution in [-0.4, -0.2) is 14.2 Å². The molecule has 1 heterocycles. The first kappa shape index (κ1) is 20.4. The summed E-state index contributed by atoms with van der Waals surface area (Å²) in [5.41, 5.74) is 3.30. The molecule has 0 saturated carbocycles. The van der Waals surface area contributed by atoms with Crippen LogP contribution < -0.4 is 9.62 Å². The molecule has 30 heavy (non-hydrogen) atoms. The molecule has 0 unspecified atom stereocenters. The monoisotopic (exact) mass is 482 g/mol. The minimum Gasteiger partial charge on any atom is -0.359 e. The molecule has 4 rings (SSSR count). The number of benzene rings is 3. The van der Waals surface area contributed by atoms with Crippen LogP contribution in [-0.2, 0) is 16.6 Å². The second kappa shape index (κ2) is 8.08. The number of hydrogen-bond acceptors (Lipinski definition) is 4. The number of sulfonamides is 1. The molecule has 0 aliphatic carbocycles. The molecule has 152 valence electrons. The highest BCUT2D eigenvalue weighted by Crippen LogP contribution is 2.36. The fraction of sp³-hybridized carbons (Fsp3) is 0.0870. The molecule has 0 spiro atoms. The summed E-state index contributed by atoms with van der Waals surface area (Å²) in [6.07, 6.45) is 1.27. The van der Waals surface area contributed by atoms with Gasteiger partial charge in [-0.2, -0.15) is 0 Å². The van der Waals surface area contributed by atoms with Gasteiger partial charge < -0.3 is 5.32 Å². The number of carbonyl (C=O) groups excluding carboxylic acids is 1. The Morgan fingerprint density at radius 1 is 1.00 bits per heavy atom. The summed E-state index contributed by atoms with van der Waals surface area (Å²) in [6.45, 7) is 2.10. The van der Waals surface area contributed by atoms with E-state index in [0.717, 1.165) is 15.6 Å². The van der Waals surface area contributed by atoms with Crippen molar-refractivity contribution in [1.29, 1.82) is 0 Å². The minimum atomic E-state index is -4.05. The minimum absolute atomic E-state index is 0.140. The molecule has 3 aromatic rings. The Hall–Kier alpha value is -2.90. The van der Waals surface area contributed by atoms with E-state index in [2.05, 4.69) is 21.2 Å². The van der Waals surface area contributed by atoms with Crippen LogP contribution in [0.25, 0.3) is 0 Å². The number of hydrogen-bond donors (Lipinski definition) is 1. The molecule has 0 atom stereocenters. The van der Waals surface area contributed by atoms with Gasteiger partial charge in [0, 0.05) is 16.2 Å². The fourth-order valence-electron chi connectivity index (χ4n) is 3.39. The Bertz CT molecular complexity index is 1270. The number of aryl methyl sites for hydroxylation is 1. The number of nitrogens with one attached hydrogen (secondary N) is 1. The maximum absolute atomic E-state index is 13.5. The quantitative estimate of drug-likeness (QED) is 0.516. The van der Waals surface area contributed by atoms with Gasteiger partial charge >= 0.3 is 0 Å². The van der Waals surface area contributed by atoms with Crippen molar-refractivity contribution in [2.24, 2.45) is 0 Å². The summed E-state index contributed by atoms with van der Waals surface area (Å²) in [5, 5.41) is 2.96. The lowest BCUT2D eigenvalue weighted by molar-refractivity contribution is 0.104. The smallest absolute Gasteiger partial charge is 0.270 e. The number of rotatable bonds is 4. The maximum Gasteiger partial charge on any atom is 0.270 e. The van der Waals surface area contributed by atoms with E-state index in [9.17, 15) is 13.2 Å². The third-order valence-corrected chi connectivity index (χ3v) is 7.31. The highest BCUT2D eigenvalue weighted by molar-refractivity contribution is 9.10. The number of halogens is 1. The van der Waals surface area contributed by atoms with Crippen LogP contribution in [0.2, 0.25) is 0 Å². The summed E-state index contributed by atoms with van der Waals surface area (Å²) in [4.78, 5) is 12.8. The highest BCUT2D eigenvalue weighted by atomic mass is 79.9. The van der Waals surface area contributed by atoms with Crippen molar-refractivity contribution in [1.82, 2.24) is 0 Å². The average molecular weight is 483 g/mol. The number of carbonyl (C=O) groups is 1. The van der Waals surface area contributed by atoms with E-state index in [4.69, 9.17) is 0 Å². The Morgan fingerprint density at radius 3 is 2.50 bits per heavy atom. The van der Waals surface area contributed by atoms with Crippen LogP contribution >= 0.6 is 15.9 Å². The molecular formula is C23H19BrN2O3S. The fourth-order valence-corrected chi connectivity index (χ4v) is 5.32. The van der Waals surface area contributed by atoms with Crippen LogP contribution in [0, 0.1) is 6.92 Å². The lowest BCUT2D eigenvalue weighted by atomic mass is 10.1. The normalized spacial score (nSPS) is 16.4. The Morgan fingerprint density at radius 2 is 1.73 bits per heavy atom. The first-order valence-corrected chi connectivity index (χ1v) is 11.5. The predicted molar refractivity (Wildman–Crippen MR) is 123 cm³/mol. The average Bonchev–Trinajstić information content (AvgIpc) is 2.72. The molecule has 0 fully saturated rings. The molecule has 1 aliphatic rings. The number of Topliss-reactive ketones (excluding diaryl/α,β-unsaturated/α-hetero) is 1. The van der Waals surface area contributed by atoms with Crippen LogP contribution in [0.15, 0.2) is 88.4 Å². The molecule has 0 radical (unpaired) electrons. The maximum atomic E-state index is 13.5. The van der Waals surface area contributed by atoms with E-state index in [1.807, 2.05) is 49.4 Å². The van der Waals surface area contributed by atoms with Crippen molar-refractivity contribution >= 4 is 43.1 Å². The van der Waals surface area contributed by atoms with Gasteiger partial charge in [0.2, 0.25) is 5.78 Å². The van der Waals surface area contributed by atoms with Crippen LogP contribution in [0.3, 0.4) is 0 Å². The Balaban J connectivity index is 1.80. The second-order valence-electron chi connectivity index (χ2n) is 6.98. The van der Waals surface area contributed by atoms with Gasteiger partial charge in [0.15, 0.2) is 4.91 Å². The zero-order valence-electron chi connectivity index (χ0n) is 16.2. The molecule has 0 amide bonds. The molecule has 5 nitrogen and oxygen atoms in total. The van der Waals surface area contributed by atoms with E-state index in [-0.39, 0.29) is 11.4 Å². The van der Waals surface area contributed by atoms with Crippen molar-refractivity contribution in [3.63, 3.8) is 0 Å². The number of nitrogens with zero attached hydrogens (tertiary/aromatic N) is 1. The van der Waals surface area contributed by atoms with Gasteiger partial charge in [-0.05, 0) is 52.7 Å². The molecule has 1 N–H and O–H groups in total. The lowest BCUT2D eigenvalue weighted by Crippen LogP contribution is -2.39. The van der Waals surface area contributed by atoms with Crippen molar-refractivity contribution in [3.8, 4) is 0 Å². The van der Waals surface area contributed by atoms with E-state index in [1.54, 1.807) is 30.3 Å². The molecule has 0 saturated heterocycles. The summed E-state index contributed by atoms with van der Waals surface area (Å²) in [5.74, 6) is -0.523. The van der Waals surface area contributed by atoms with Gasteiger partial charge in [-0.15, -0.1) is 0 Å². The summed E-state index contributed by atoms with van der Waals surface area (Å²) in [7, 11) is -4.05. The molecule has 1 aliphatic heterocycles. The molecule has 0 aromatic heterocycles. The first-order chi connectivity index (χ1) is 14.4. The highest BCUT2D eigenvalue weighted by Gasteiger charge is 2.40. The van der Waals surface area contributed by atoms with Gasteiger partial charge in [0.1, 0.15) is 0 Å². The number of fused-ring (bicyclic) bond motifs is 1. The number of allylic oxidation sites excluding steroid dienone is 1. The SMILES string of the molecule is Cc1cccc(CN2c3ccccc3C(=O)C(=CNc3ccccc3Br)S2(=O)=O)c1. The topological polar surface area (TPSA) is 66.5 Å². The summed E-state index contributed by atoms with van der Waals surface area (Å²) >= 11 is 3.42. The van der Waals surface area contributed by atoms with Crippen molar-refractivity contribution in [3.05, 3.63) is 105 Å². The van der Waals surface area contributed by atoms with E-state index < -0.39 is 15.8 Å². The van der Waals surface area contributed by atoms with Crippen LogP contribution in [0.5, 0.6) is 0 Å². The van der Waals surface area contributed by atoms with Crippen molar-refractivity contribution < 1.29 is 13.2 Å². The van der Waals surface area contributed by atoms with Gasteiger partial charge in [0.25, 0.3) is 10.0 Å². The predicted octanol–water partition coefficient (Wildman–Crippen LogP) is 5.24. The Labute approximate surface area is 184 Å². The third-order valence-electron chi connectivity index (χ3n) is 4.85. The van der Waals surface area contributed by atoms with Crippen molar-refractivity contribution in [2.45, 2.75) is 13.5 Å². The van der Waals surface area contributed by atoms with E-state index in [1.165, 1.54) is 10.5 Å². The number of anilines is 2. The van der Waals surface area contributed by atoms with Gasteiger partial charge in [0.05, 0.1) is 17.9 Å². The summed E-state index contributed by atoms with van der Waals surface area (Å²) in [6, 6.07) is 21.8. The molecule has 3 aromatic carbocycles. The van der Waals surface area contributed by atoms with Gasteiger partial charge in [-0.1, -0.05) is 54.1 Å². The molecule has 0 bridgehead atoms. The molecule has 7 heteroatoms. The third kappa shape index (κ3) is 3.78. The van der Waals surface area contributed by atoms with Gasteiger partial charge in [-0.3, -0.25) is 9.10 Å². The zero-order chi connectivity index (χ0) is 21.3. The largest absolute Gasteiger partial charge is 0.359 e. The second-order valence-corrected chi connectivity index (χ2v) is 9.66. The van der Waals surface area contributed by atoms with Crippen LogP contribution in [0.4, 0.5) is 11.4 Å². The first-order valence-electron chi connectivity index (χ1n) is 9.31. The number of ketones is 1. The Kier molecular flexibility index (Phi) is 5.49. The van der Waals surface area contributed by atoms with E-state index in [0.29, 0.717) is 16.9 Å². The summed E-state index contributed by atoms with van der Waals surface area (Å²) < 4.78 is 29.0.